The molecule has 0 saturated heterocycles. The maximum Gasteiger partial charge on any atom is 0.407 e. The highest BCUT2D eigenvalue weighted by molar-refractivity contribution is 6.40. The van der Waals surface area contributed by atoms with Crippen LogP contribution >= 0.6 is 23.2 Å². The molecular weight excluding hydrogens is 575 g/mol. The molecule has 5 N–H and O–H groups in total. The predicted octanol–water partition coefficient (Wildman–Crippen LogP) is 3.78. The van der Waals surface area contributed by atoms with Gasteiger partial charge in [0.25, 0.3) is 5.91 Å². The molecule has 1 aliphatic carbocycles. The summed E-state index contributed by atoms with van der Waals surface area (Å²) in [6.07, 6.45) is 2.41. The van der Waals surface area contributed by atoms with E-state index in [1.807, 2.05) is 0 Å². The van der Waals surface area contributed by atoms with Crippen LogP contribution in [0.15, 0.2) is 42.5 Å². The molecule has 0 bridgehead atoms. The number of anilines is 1. The molecule has 0 aromatic heterocycles. The number of halogens is 2. The van der Waals surface area contributed by atoms with E-state index in [1.54, 1.807) is 42.5 Å². The van der Waals surface area contributed by atoms with Crippen molar-refractivity contribution in [1.29, 1.82) is 0 Å². The number of carbonyl (C=O) groups excluding carboxylic acids is 4. The number of nitrogens with one attached hydrogen (secondary N) is 4. The lowest BCUT2D eigenvalue weighted by molar-refractivity contribution is -0.144. The summed E-state index contributed by atoms with van der Waals surface area (Å²) in [5.74, 6) is -2.46. The second-order valence-corrected chi connectivity index (χ2v) is 10.6. The summed E-state index contributed by atoms with van der Waals surface area (Å²) >= 11 is 12.2. The Morgan fingerprint density at radius 1 is 0.976 bits per heavy atom. The molecule has 11 nitrogen and oxygen atoms in total. The van der Waals surface area contributed by atoms with E-state index in [0.717, 1.165) is 12.8 Å². The van der Waals surface area contributed by atoms with Crippen LogP contribution in [0, 0.1) is 5.41 Å². The third kappa shape index (κ3) is 8.83. The minimum absolute atomic E-state index is 0.0255. The molecule has 220 valence electrons. The Morgan fingerprint density at radius 3 is 2.20 bits per heavy atom. The van der Waals surface area contributed by atoms with Crippen LogP contribution in [0.4, 0.5) is 10.5 Å². The number of carbonyl (C=O) groups is 5. The van der Waals surface area contributed by atoms with Gasteiger partial charge in [0.05, 0.1) is 34.7 Å². The van der Waals surface area contributed by atoms with Crippen molar-refractivity contribution >= 4 is 58.7 Å². The lowest BCUT2D eigenvalue weighted by Gasteiger charge is -2.29. The van der Waals surface area contributed by atoms with Gasteiger partial charge in [-0.1, -0.05) is 54.2 Å². The Morgan fingerprint density at radius 2 is 1.61 bits per heavy atom. The fraction of sp³-hybridized carbons (Fsp3) is 0.393. The van der Waals surface area contributed by atoms with Gasteiger partial charge in [-0.3, -0.25) is 14.4 Å². The highest BCUT2D eigenvalue weighted by atomic mass is 35.5. The molecule has 1 atom stereocenters. The first-order valence-corrected chi connectivity index (χ1v) is 13.8. The molecule has 2 aromatic rings. The zero-order valence-corrected chi connectivity index (χ0v) is 23.9. The zero-order chi connectivity index (χ0) is 30.0. The van der Waals surface area contributed by atoms with Crippen molar-refractivity contribution < 1.29 is 33.8 Å². The highest BCUT2D eigenvalue weighted by Gasteiger charge is 2.42. The van der Waals surface area contributed by atoms with E-state index in [1.165, 1.54) is 7.11 Å². The number of methoxy groups -OCH3 is 1. The van der Waals surface area contributed by atoms with Crippen LogP contribution in [0.25, 0.3) is 0 Å². The summed E-state index contributed by atoms with van der Waals surface area (Å²) in [7, 11) is 1.19. The molecule has 2 aromatic carbocycles. The molecule has 0 aliphatic heterocycles. The van der Waals surface area contributed by atoms with Gasteiger partial charge in [-0.15, -0.1) is 0 Å². The predicted molar refractivity (Wildman–Crippen MR) is 153 cm³/mol. The van der Waals surface area contributed by atoms with Crippen LogP contribution in [-0.2, 0) is 25.5 Å². The molecule has 0 unspecified atom stereocenters. The maximum atomic E-state index is 13.3. The number of carboxylic acids is 1. The van der Waals surface area contributed by atoms with Gasteiger partial charge in [0.1, 0.15) is 6.04 Å². The lowest BCUT2D eigenvalue weighted by Crippen LogP contribution is -2.49. The van der Waals surface area contributed by atoms with Crippen LogP contribution in [-0.4, -0.2) is 61.1 Å². The largest absolute Gasteiger partial charge is 0.480 e. The average Bonchev–Trinajstić information content (AvgIpc) is 3.42. The quantitative estimate of drug-likeness (QED) is 0.245. The number of ether oxygens (including phenoxy) is 1. The maximum absolute atomic E-state index is 13.3. The number of rotatable bonds is 12. The van der Waals surface area contributed by atoms with Gasteiger partial charge in [-0.25, -0.2) is 9.59 Å². The van der Waals surface area contributed by atoms with Gasteiger partial charge in [0.2, 0.25) is 11.8 Å². The highest BCUT2D eigenvalue weighted by Crippen LogP contribution is 2.41. The van der Waals surface area contributed by atoms with E-state index < -0.39 is 35.3 Å². The molecule has 0 spiro atoms. The number of hydrogen-bond acceptors (Lipinski definition) is 6. The fourth-order valence-corrected chi connectivity index (χ4v) is 5.32. The van der Waals surface area contributed by atoms with Gasteiger partial charge in [-0.05, 0) is 49.1 Å². The van der Waals surface area contributed by atoms with Crippen LogP contribution < -0.4 is 21.3 Å². The third-order valence-corrected chi connectivity index (χ3v) is 7.62. The van der Waals surface area contributed by atoms with Gasteiger partial charge in [-0.2, -0.15) is 0 Å². The monoisotopic (exact) mass is 606 g/mol. The summed E-state index contributed by atoms with van der Waals surface area (Å²) in [5.41, 5.74) is 0.439. The van der Waals surface area contributed by atoms with Crippen molar-refractivity contribution in [2.24, 2.45) is 5.41 Å². The Labute approximate surface area is 247 Å². The standard InChI is InChI=1S/C28H32Cl2N4O7/c1-41-27(40)32-16-22(35)31-14-13-28(11-2-3-12-28)26(39)34-21(25(37)38)15-17-7-9-18(10-8-17)33-24(36)23-19(29)5-4-6-20(23)30/h4-10,21H,2-3,11-16H2,1H3,(H,31,35)(H,32,40)(H,33,36)(H,34,39)(H,37,38)/t21-/m0/s1. The number of benzene rings is 2. The lowest BCUT2D eigenvalue weighted by atomic mass is 9.81. The molecule has 13 heteroatoms. The molecule has 1 saturated carbocycles. The summed E-state index contributed by atoms with van der Waals surface area (Å²) in [6.45, 7) is -0.0669. The number of carboxylic acid groups (broad SMARTS) is 1. The van der Waals surface area contributed by atoms with Crippen LogP contribution in [0.2, 0.25) is 10.0 Å². The first-order chi connectivity index (χ1) is 19.5. The molecule has 0 heterocycles. The second kappa shape index (κ2) is 14.7. The van der Waals surface area contributed by atoms with Crippen molar-refractivity contribution in [3.63, 3.8) is 0 Å². The van der Waals surface area contributed by atoms with Crippen molar-refractivity contribution in [2.45, 2.75) is 44.6 Å². The van der Waals surface area contributed by atoms with E-state index in [-0.39, 0.29) is 41.0 Å². The van der Waals surface area contributed by atoms with Crippen molar-refractivity contribution in [3.8, 4) is 0 Å². The number of hydrogen-bond donors (Lipinski definition) is 5. The summed E-state index contributed by atoms with van der Waals surface area (Å²) in [4.78, 5) is 61.1. The Hall–Kier alpha value is -3.83. The van der Waals surface area contributed by atoms with Gasteiger partial charge in [0.15, 0.2) is 0 Å². The first kappa shape index (κ1) is 31.7. The summed E-state index contributed by atoms with van der Waals surface area (Å²) < 4.78 is 4.42. The van der Waals surface area contributed by atoms with E-state index >= 15 is 0 Å². The molecule has 1 fully saturated rings. The molecular formula is C28H32Cl2N4O7. The Bertz CT molecular complexity index is 1260. The summed E-state index contributed by atoms with van der Waals surface area (Å²) in [5, 5.41) is 20.6. The van der Waals surface area contributed by atoms with E-state index in [9.17, 15) is 29.1 Å². The minimum atomic E-state index is -1.18. The van der Waals surface area contributed by atoms with E-state index in [0.29, 0.717) is 30.5 Å². The third-order valence-electron chi connectivity index (χ3n) is 6.99. The van der Waals surface area contributed by atoms with Gasteiger partial charge >= 0.3 is 12.1 Å². The van der Waals surface area contributed by atoms with Crippen molar-refractivity contribution in [3.05, 3.63) is 63.6 Å². The SMILES string of the molecule is COC(=O)NCC(=O)NCCC1(C(=O)N[C@@H](Cc2ccc(NC(=O)c3c(Cl)cccc3Cl)cc2)C(=O)O)CCCC1. The molecule has 4 amide bonds. The summed E-state index contributed by atoms with van der Waals surface area (Å²) in [6, 6.07) is 10.1. The van der Waals surface area contributed by atoms with Gasteiger partial charge in [0, 0.05) is 18.7 Å². The Balaban J connectivity index is 1.58. The van der Waals surface area contributed by atoms with Crippen LogP contribution in [0.3, 0.4) is 0 Å². The average molecular weight is 607 g/mol. The van der Waals surface area contributed by atoms with E-state index in [2.05, 4.69) is 26.0 Å². The zero-order valence-electron chi connectivity index (χ0n) is 22.4. The normalized spacial score (nSPS) is 14.4. The first-order valence-electron chi connectivity index (χ1n) is 13.0. The number of aliphatic carboxylic acids is 1. The van der Waals surface area contributed by atoms with Crippen LogP contribution in [0.1, 0.15) is 48.0 Å². The molecule has 1 aliphatic rings. The molecule has 41 heavy (non-hydrogen) atoms. The minimum Gasteiger partial charge on any atom is -0.480 e. The van der Waals surface area contributed by atoms with E-state index in [4.69, 9.17) is 23.2 Å². The fourth-order valence-electron chi connectivity index (χ4n) is 4.75. The topological polar surface area (TPSA) is 163 Å². The van der Waals surface area contributed by atoms with Crippen molar-refractivity contribution in [1.82, 2.24) is 16.0 Å². The van der Waals surface area contributed by atoms with Crippen molar-refractivity contribution in [2.75, 3.05) is 25.5 Å². The molecule has 0 radical (unpaired) electrons. The van der Waals surface area contributed by atoms with Gasteiger partial charge < -0.3 is 31.1 Å². The Kier molecular flexibility index (Phi) is 11.4. The number of alkyl carbamates (subject to hydrolysis) is 1. The van der Waals surface area contributed by atoms with Crippen LogP contribution in [0.5, 0.6) is 0 Å². The number of amides is 4. The molecule has 3 rings (SSSR count). The smallest absolute Gasteiger partial charge is 0.407 e. The second-order valence-electron chi connectivity index (χ2n) is 9.75.